The van der Waals surface area contributed by atoms with Crippen molar-refractivity contribution in [2.75, 3.05) is 6.54 Å². The first-order chi connectivity index (χ1) is 8.67. The molecule has 18 heavy (non-hydrogen) atoms. The van der Waals surface area contributed by atoms with Crippen molar-refractivity contribution in [3.05, 3.63) is 0 Å². The Bertz CT molecular complexity index is 273. The summed E-state index contributed by atoms with van der Waals surface area (Å²) in [5.41, 5.74) is 5.86. The molecule has 0 unspecified atom stereocenters. The predicted molar refractivity (Wildman–Crippen MR) is 74.1 cm³/mol. The topological polar surface area (TPSA) is 55.1 Å². The van der Waals surface area contributed by atoms with Crippen molar-refractivity contribution in [3.8, 4) is 0 Å². The summed E-state index contributed by atoms with van der Waals surface area (Å²) in [5, 5.41) is 3.29. The van der Waals surface area contributed by atoms with Crippen molar-refractivity contribution in [2.45, 2.75) is 70.3 Å². The largest absolute Gasteiger partial charge is 0.351 e. The minimum atomic E-state index is 0.158. The zero-order valence-corrected chi connectivity index (χ0v) is 11.7. The SMILES string of the molecule is CCC1(NC(=O)CC2CCC(CN)CC2)CCC1. The molecule has 0 aromatic heterocycles. The molecule has 2 aliphatic rings. The molecule has 1 amide bonds. The molecule has 0 saturated heterocycles. The van der Waals surface area contributed by atoms with Crippen LogP contribution in [-0.4, -0.2) is 18.0 Å². The lowest BCUT2D eigenvalue weighted by Crippen LogP contribution is -2.53. The first-order valence-electron chi connectivity index (χ1n) is 7.68. The molecule has 0 bridgehead atoms. The number of carbonyl (C=O) groups is 1. The number of hydrogen-bond acceptors (Lipinski definition) is 2. The first-order valence-corrected chi connectivity index (χ1v) is 7.68. The van der Waals surface area contributed by atoms with E-state index in [9.17, 15) is 4.79 Å². The average Bonchev–Trinajstić information content (AvgIpc) is 2.35. The van der Waals surface area contributed by atoms with E-state index >= 15 is 0 Å². The van der Waals surface area contributed by atoms with Crippen LogP contribution >= 0.6 is 0 Å². The molecule has 2 rings (SSSR count). The van der Waals surface area contributed by atoms with E-state index in [1.54, 1.807) is 0 Å². The van der Waals surface area contributed by atoms with Crippen LogP contribution in [0.3, 0.4) is 0 Å². The van der Waals surface area contributed by atoms with Gasteiger partial charge in [0, 0.05) is 12.0 Å². The standard InChI is InChI=1S/C15H28N2O/c1-2-15(8-3-9-15)17-14(18)10-12-4-6-13(11-16)7-5-12/h12-13H,2-11,16H2,1H3,(H,17,18). The summed E-state index contributed by atoms with van der Waals surface area (Å²) >= 11 is 0. The highest BCUT2D eigenvalue weighted by atomic mass is 16.1. The van der Waals surface area contributed by atoms with Gasteiger partial charge in [-0.2, -0.15) is 0 Å². The molecule has 0 heterocycles. The van der Waals surface area contributed by atoms with Crippen molar-refractivity contribution < 1.29 is 4.79 Å². The molecule has 104 valence electrons. The molecule has 3 nitrogen and oxygen atoms in total. The molecule has 0 aliphatic heterocycles. The number of carbonyl (C=O) groups excluding carboxylic acids is 1. The zero-order valence-electron chi connectivity index (χ0n) is 11.7. The Hall–Kier alpha value is -0.570. The van der Waals surface area contributed by atoms with Gasteiger partial charge in [0.1, 0.15) is 0 Å². The summed E-state index contributed by atoms with van der Waals surface area (Å²) in [6.45, 7) is 3.00. The second kappa shape index (κ2) is 6.05. The van der Waals surface area contributed by atoms with Gasteiger partial charge in [-0.05, 0) is 69.7 Å². The summed E-state index contributed by atoms with van der Waals surface area (Å²) < 4.78 is 0. The van der Waals surface area contributed by atoms with Gasteiger partial charge in [-0.1, -0.05) is 6.92 Å². The summed E-state index contributed by atoms with van der Waals surface area (Å²) in [4.78, 5) is 12.1. The third-order valence-electron chi connectivity index (χ3n) is 5.17. The molecular formula is C15H28N2O. The van der Waals surface area contributed by atoms with Crippen molar-refractivity contribution in [2.24, 2.45) is 17.6 Å². The summed E-state index contributed by atoms with van der Waals surface area (Å²) in [6.07, 6.45) is 10.3. The molecular weight excluding hydrogens is 224 g/mol. The van der Waals surface area contributed by atoms with Crippen LogP contribution in [0.1, 0.15) is 64.7 Å². The van der Waals surface area contributed by atoms with E-state index in [1.165, 1.54) is 44.9 Å². The third-order valence-corrected chi connectivity index (χ3v) is 5.17. The number of hydrogen-bond donors (Lipinski definition) is 2. The molecule has 3 N–H and O–H groups in total. The lowest BCUT2D eigenvalue weighted by atomic mass is 9.74. The fraction of sp³-hybridized carbons (Fsp3) is 0.933. The minimum absolute atomic E-state index is 0.158. The number of nitrogens with one attached hydrogen (secondary N) is 1. The van der Waals surface area contributed by atoms with E-state index in [4.69, 9.17) is 5.73 Å². The quantitative estimate of drug-likeness (QED) is 0.790. The van der Waals surface area contributed by atoms with Gasteiger partial charge in [0.15, 0.2) is 0 Å². The van der Waals surface area contributed by atoms with Gasteiger partial charge >= 0.3 is 0 Å². The van der Waals surface area contributed by atoms with Gasteiger partial charge in [0.2, 0.25) is 5.91 Å². The van der Waals surface area contributed by atoms with E-state index in [1.807, 2.05) is 0 Å². The van der Waals surface area contributed by atoms with Gasteiger partial charge in [0.05, 0.1) is 0 Å². The summed E-state index contributed by atoms with van der Waals surface area (Å²) in [5.74, 6) is 1.59. The average molecular weight is 252 g/mol. The second-order valence-electron chi connectivity index (χ2n) is 6.36. The third kappa shape index (κ3) is 3.25. The van der Waals surface area contributed by atoms with Gasteiger partial charge in [-0.15, -0.1) is 0 Å². The Morgan fingerprint density at radius 1 is 1.22 bits per heavy atom. The van der Waals surface area contributed by atoms with Crippen molar-refractivity contribution in [1.29, 1.82) is 0 Å². The molecule has 2 fully saturated rings. The Morgan fingerprint density at radius 3 is 2.28 bits per heavy atom. The van der Waals surface area contributed by atoms with Crippen LogP contribution in [-0.2, 0) is 4.79 Å². The molecule has 0 aromatic rings. The smallest absolute Gasteiger partial charge is 0.220 e. The van der Waals surface area contributed by atoms with E-state index < -0.39 is 0 Å². The lowest BCUT2D eigenvalue weighted by molar-refractivity contribution is -0.125. The van der Waals surface area contributed by atoms with E-state index in [2.05, 4.69) is 12.2 Å². The highest BCUT2D eigenvalue weighted by Gasteiger charge is 2.36. The van der Waals surface area contributed by atoms with Gasteiger partial charge in [-0.3, -0.25) is 4.79 Å². The molecule has 0 atom stereocenters. The fourth-order valence-corrected chi connectivity index (χ4v) is 3.45. The Labute approximate surface area is 111 Å². The maximum atomic E-state index is 12.1. The Kier molecular flexibility index (Phi) is 4.66. The number of nitrogens with two attached hydrogens (primary N) is 1. The van der Waals surface area contributed by atoms with E-state index in [-0.39, 0.29) is 11.4 Å². The Morgan fingerprint density at radius 2 is 1.83 bits per heavy atom. The summed E-state index contributed by atoms with van der Waals surface area (Å²) in [7, 11) is 0. The van der Waals surface area contributed by atoms with Crippen molar-refractivity contribution >= 4 is 5.91 Å². The highest BCUT2D eigenvalue weighted by molar-refractivity contribution is 5.77. The van der Waals surface area contributed by atoms with Crippen LogP contribution in [0.4, 0.5) is 0 Å². The minimum Gasteiger partial charge on any atom is -0.351 e. The lowest BCUT2D eigenvalue weighted by Gasteiger charge is -2.42. The maximum absolute atomic E-state index is 12.1. The fourth-order valence-electron chi connectivity index (χ4n) is 3.45. The van der Waals surface area contributed by atoms with Crippen LogP contribution in [0, 0.1) is 11.8 Å². The van der Waals surface area contributed by atoms with Crippen molar-refractivity contribution in [1.82, 2.24) is 5.32 Å². The van der Waals surface area contributed by atoms with Crippen LogP contribution < -0.4 is 11.1 Å². The second-order valence-corrected chi connectivity index (χ2v) is 6.36. The molecule has 0 spiro atoms. The van der Waals surface area contributed by atoms with Gasteiger partial charge in [-0.25, -0.2) is 0 Å². The predicted octanol–water partition coefficient (Wildman–Crippen LogP) is 2.59. The summed E-state index contributed by atoms with van der Waals surface area (Å²) in [6, 6.07) is 0. The molecule has 0 aromatic carbocycles. The molecule has 2 aliphatic carbocycles. The van der Waals surface area contributed by atoms with E-state index in [0.29, 0.717) is 11.8 Å². The van der Waals surface area contributed by atoms with Crippen molar-refractivity contribution in [3.63, 3.8) is 0 Å². The first kappa shape index (κ1) is 13.9. The monoisotopic (exact) mass is 252 g/mol. The maximum Gasteiger partial charge on any atom is 0.220 e. The molecule has 3 heteroatoms. The van der Waals surface area contributed by atoms with E-state index in [0.717, 1.165) is 19.4 Å². The Balaban J connectivity index is 1.71. The number of amides is 1. The zero-order chi connectivity index (χ0) is 13.0. The molecule has 0 radical (unpaired) electrons. The van der Waals surface area contributed by atoms with Crippen LogP contribution in [0.15, 0.2) is 0 Å². The van der Waals surface area contributed by atoms with Crippen LogP contribution in [0.2, 0.25) is 0 Å². The number of rotatable bonds is 5. The van der Waals surface area contributed by atoms with Gasteiger partial charge < -0.3 is 11.1 Å². The highest BCUT2D eigenvalue weighted by Crippen LogP contribution is 2.35. The normalized spacial score (nSPS) is 30.6. The van der Waals surface area contributed by atoms with Gasteiger partial charge in [0.25, 0.3) is 0 Å². The molecule has 2 saturated carbocycles. The van der Waals surface area contributed by atoms with Crippen LogP contribution in [0.5, 0.6) is 0 Å². The van der Waals surface area contributed by atoms with Crippen LogP contribution in [0.25, 0.3) is 0 Å².